The molecular weight excluding hydrogens is 412 g/mol. The van der Waals surface area contributed by atoms with E-state index in [0.717, 1.165) is 36.0 Å². The van der Waals surface area contributed by atoms with Crippen LogP contribution in [0.1, 0.15) is 71.8 Å². The van der Waals surface area contributed by atoms with Gasteiger partial charge in [0.25, 0.3) is 0 Å². The van der Waals surface area contributed by atoms with Crippen LogP contribution >= 0.6 is 0 Å². The molecule has 0 atom stereocenters. The van der Waals surface area contributed by atoms with Crippen LogP contribution in [-0.2, 0) is 32.7 Å². The summed E-state index contributed by atoms with van der Waals surface area (Å²) in [5.41, 5.74) is 7.60. The highest BCUT2D eigenvalue weighted by molar-refractivity contribution is 5.99. The highest BCUT2D eigenvalue weighted by atomic mass is 16.5. The van der Waals surface area contributed by atoms with Gasteiger partial charge in [0.1, 0.15) is 12.4 Å². The van der Waals surface area contributed by atoms with Crippen LogP contribution in [0.3, 0.4) is 0 Å². The lowest BCUT2D eigenvalue weighted by molar-refractivity contribution is 0.0983. The van der Waals surface area contributed by atoms with Crippen molar-refractivity contribution in [3.63, 3.8) is 0 Å². The molecule has 33 heavy (non-hydrogen) atoms. The molecule has 0 spiro atoms. The Labute approximate surface area is 196 Å². The fraction of sp³-hybridized carbons (Fsp3) is 0.345. The van der Waals surface area contributed by atoms with Crippen molar-refractivity contribution < 1.29 is 19.7 Å². The first-order valence-corrected chi connectivity index (χ1v) is 11.8. The molecule has 0 aromatic heterocycles. The van der Waals surface area contributed by atoms with Crippen LogP contribution in [0.25, 0.3) is 11.1 Å². The molecule has 0 aliphatic heterocycles. The number of benzene rings is 3. The van der Waals surface area contributed by atoms with Gasteiger partial charge in [-0.2, -0.15) is 0 Å². The first-order valence-electron chi connectivity index (χ1n) is 11.8. The molecule has 0 fully saturated rings. The number of ether oxygens (including phenoxy) is 1. The maximum Gasteiger partial charge on any atom is 0.166 e. The molecule has 4 heteroatoms. The predicted molar refractivity (Wildman–Crippen MR) is 132 cm³/mol. The summed E-state index contributed by atoms with van der Waals surface area (Å²) in [7, 11) is 0. The Morgan fingerprint density at radius 3 is 2.24 bits per heavy atom. The lowest BCUT2D eigenvalue weighted by Crippen LogP contribution is -2.07. The van der Waals surface area contributed by atoms with Gasteiger partial charge in [0.05, 0.1) is 18.8 Å². The van der Waals surface area contributed by atoms with Crippen molar-refractivity contribution in [3.8, 4) is 16.9 Å². The Bertz CT molecular complexity index is 1100. The molecule has 3 rings (SSSR count). The van der Waals surface area contributed by atoms with Crippen LogP contribution in [0.15, 0.2) is 54.6 Å². The van der Waals surface area contributed by atoms with E-state index in [-0.39, 0.29) is 25.6 Å². The van der Waals surface area contributed by atoms with E-state index < -0.39 is 0 Å². The number of aliphatic hydroxyl groups excluding tert-OH is 2. The number of rotatable bonds is 11. The summed E-state index contributed by atoms with van der Waals surface area (Å²) < 4.78 is 6.22. The predicted octanol–water partition coefficient (Wildman–Crippen LogP) is 6.02. The normalized spacial score (nSPS) is 10.9. The number of hydrogen-bond acceptors (Lipinski definition) is 4. The number of carbonyl (C=O) groups is 1. The zero-order chi connectivity index (χ0) is 23.8. The zero-order valence-electron chi connectivity index (χ0n) is 19.9. The molecule has 0 heterocycles. The largest absolute Gasteiger partial charge is 0.488 e. The molecule has 0 aliphatic rings. The molecule has 0 unspecified atom stereocenters. The number of carbonyl (C=O) groups excluding carboxylic acids is 1. The number of hydrogen-bond donors (Lipinski definition) is 2. The topological polar surface area (TPSA) is 66.8 Å². The van der Waals surface area contributed by atoms with E-state index in [4.69, 9.17) is 4.74 Å². The molecule has 3 aromatic carbocycles. The maximum atomic E-state index is 12.8. The lowest BCUT2D eigenvalue weighted by atomic mass is 9.89. The molecule has 0 saturated heterocycles. The van der Waals surface area contributed by atoms with Crippen molar-refractivity contribution in [2.24, 2.45) is 0 Å². The summed E-state index contributed by atoms with van der Waals surface area (Å²) in [6.45, 7) is 6.17. The van der Waals surface area contributed by atoms with E-state index in [0.29, 0.717) is 28.9 Å². The van der Waals surface area contributed by atoms with Crippen LogP contribution < -0.4 is 4.74 Å². The molecule has 0 aliphatic carbocycles. The highest BCUT2D eigenvalue weighted by Crippen LogP contribution is 2.35. The minimum absolute atomic E-state index is 0.0596. The van der Waals surface area contributed by atoms with Gasteiger partial charge in [-0.1, -0.05) is 63.6 Å². The third-order valence-electron chi connectivity index (χ3n) is 6.04. The molecule has 0 saturated carbocycles. The molecule has 0 bridgehead atoms. The zero-order valence-corrected chi connectivity index (χ0v) is 19.9. The average molecular weight is 447 g/mol. The van der Waals surface area contributed by atoms with Gasteiger partial charge in [-0.05, 0) is 70.0 Å². The van der Waals surface area contributed by atoms with Crippen molar-refractivity contribution >= 4 is 5.78 Å². The van der Waals surface area contributed by atoms with Gasteiger partial charge < -0.3 is 14.9 Å². The van der Waals surface area contributed by atoms with E-state index in [1.807, 2.05) is 31.2 Å². The Morgan fingerprint density at radius 1 is 0.818 bits per heavy atom. The number of aliphatic hydroxyl groups is 2. The van der Waals surface area contributed by atoms with Crippen LogP contribution in [0.5, 0.6) is 5.75 Å². The van der Waals surface area contributed by atoms with Crippen LogP contribution in [-0.4, -0.2) is 16.0 Å². The summed E-state index contributed by atoms with van der Waals surface area (Å²) in [5.74, 6) is 0.642. The minimum atomic E-state index is -0.146. The van der Waals surface area contributed by atoms with Crippen LogP contribution in [0, 0.1) is 0 Å². The quantitative estimate of drug-likeness (QED) is 0.353. The second kappa shape index (κ2) is 11.8. The summed E-state index contributed by atoms with van der Waals surface area (Å²) in [5, 5.41) is 19.0. The first kappa shape index (κ1) is 24.7. The Morgan fingerprint density at radius 2 is 1.58 bits per heavy atom. The SMILES string of the molecule is CCCc1cc(C(=O)CC)c(OCc2ccc(CO)c(CO)c2)cc1-c1ccccc1CC. The monoisotopic (exact) mass is 446 g/mol. The van der Waals surface area contributed by atoms with Gasteiger partial charge in [0, 0.05) is 6.42 Å². The Balaban J connectivity index is 2.06. The van der Waals surface area contributed by atoms with Gasteiger partial charge in [-0.3, -0.25) is 4.79 Å². The minimum Gasteiger partial charge on any atom is -0.488 e. The van der Waals surface area contributed by atoms with Crippen molar-refractivity contribution in [3.05, 3.63) is 88.0 Å². The van der Waals surface area contributed by atoms with Gasteiger partial charge in [0.2, 0.25) is 0 Å². The summed E-state index contributed by atoms with van der Waals surface area (Å²) in [4.78, 5) is 12.8. The van der Waals surface area contributed by atoms with Gasteiger partial charge in [-0.15, -0.1) is 0 Å². The van der Waals surface area contributed by atoms with Gasteiger partial charge in [-0.25, -0.2) is 0 Å². The fourth-order valence-corrected chi connectivity index (χ4v) is 4.20. The molecular formula is C29H34O4. The number of ketones is 1. The molecule has 174 valence electrons. The Hall–Kier alpha value is -2.95. The summed E-state index contributed by atoms with van der Waals surface area (Å²) in [6, 6.07) is 18.0. The molecule has 3 aromatic rings. The fourth-order valence-electron chi connectivity index (χ4n) is 4.20. The number of aryl methyl sites for hydroxylation is 2. The standard InChI is InChI=1S/C29H34O4/c1-4-9-22-15-27(28(32)6-3)29(16-26(22)25-11-8-7-10-21(25)5-2)33-19-20-12-13-23(17-30)24(14-20)18-31/h7-8,10-16,30-31H,4-6,9,17-19H2,1-3H3. The number of Topliss-reactive ketones (excluding diaryl/α,β-unsaturated/α-hetero) is 1. The molecule has 0 radical (unpaired) electrons. The molecule has 4 nitrogen and oxygen atoms in total. The highest BCUT2D eigenvalue weighted by Gasteiger charge is 2.18. The summed E-state index contributed by atoms with van der Waals surface area (Å²) >= 11 is 0. The van der Waals surface area contributed by atoms with E-state index >= 15 is 0 Å². The lowest BCUT2D eigenvalue weighted by Gasteiger charge is -2.19. The van der Waals surface area contributed by atoms with Crippen LogP contribution in [0.4, 0.5) is 0 Å². The van der Waals surface area contributed by atoms with Crippen molar-refractivity contribution in [1.29, 1.82) is 0 Å². The van der Waals surface area contributed by atoms with Crippen molar-refractivity contribution in [2.75, 3.05) is 0 Å². The third kappa shape index (κ3) is 5.70. The smallest absolute Gasteiger partial charge is 0.166 e. The second-order valence-electron chi connectivity index (χ2n) is 8.25. The van der Waals surface area contributed by atoms with Crippen molar-refractivity contribution in [1.82, 2.24) is 0 Å². The molecule has 2 N–H and O–H groups in total. The van der Waals surface area contributed by atoms with E-state index in [2.05, 4.69) is 38.1 Å². The van der Waals surface area contributed by atoms with Crippen molar-refractivity contribution in [2.45, 2.75) is 66.3 Å². The Kier molecular flexibility index (Phi) is 8.81. The summed E-state index contributed by atoms with van der Waals surface area (Å²) in [6.07, 6.45) is 3.21. The van der Waals surface area contributed by atoms with Crippen LogP contribution in [0.2, 0.25) is 0 Å². The van der Waals surface area contributed by atoms with Gasteiger partial charge in [0.15, 0.2) is 5.78 Å². The van der Waals surface area contributed by atoms with E-state index in [9.17, 15) is 15.0 Å². The first-order chi connectivity index (χ1) is 16.1. The molecule has 0 amide bonds. The van der Waals surface area contributed by atoms with E-state index in [1.165, 1.54) is 11.1 Å². The second-order valence-corrected chi connectivity index (χ2v) is 8.25. The van der Waals surface area contributed by atoms with Gasteiger partial charge >= 0.3 is 0 Å². The maximum absolute atomic E-state index is 12.8. The average Bonchev–Trinajstić information content (AvgIpc) is 2.87. The van der Waals surface area contributed by atoms with E-state index in [1.54, 1.807) is 6.07 Å². The third-order valence-corrected chi connectivity index (χ3v) is 6.04.